The molecule has 2 aromatic heterocycles. The van der Waals surface area contributed by atoms with Gasteiger partial charge in [-0.15, -0.1) is 0 Å². The number of halogens is 3. The highest BCUT2D eigenvalue weighted by Gasteiger charge is 2.22. The number of nitrogens with zero attached hydrogens (tertiary/aromatic N) is 4. The van der Waals surface area contributed by atoms with Gasteiger partial charge < -0.3 is 10.2 Å². The molecule has 1 amide bonds. The number of rotatable bonds is 4. The van der Waals surface area contributed by atoms with Crippen molar-refractivity contribution in [1.82, 2.24) is 15.0 Å². The van der Waals surface area contributed by atoms with Crippen LogP contribution in [-0.4, -0.2) is 33.9 Å². The van der Waals surface area contributed by atoms with E-state index in [1.54, 1.807) is 18.3 Å². The van der Waals surface area contributed by atoms with Crippen LogP contribution < -0.4 is 10.2 Å². The minimum Gasteiger partial charge on any atom is -0.351 e. The van der Waals surface area contributed by atoms with E-state index in [1.807, 2.05) is 6.92 Å². The van der Waals surface area contributed by atoms with Crippen LogP contribution in [0, 0.1) is 11.6 Å². The highest BCUT2D eigenvalue weighted by atomic mass is 35.5. The van der Waals surface area contributed by atoms with Gasteiger partial charge in [-0.3, -0.25) is 9.78 Å². The third-order valence-corrected chi connectivity index (χ3v) is 5.35. The summed E-state index contributed by atoms with van der Waals surface area (Å²) >= 11 is 6.29. The fourth-order valence-electron chi connectivity index (χ4n) is 3.39. The average molecular weight is 442 g/mol. The van der Waals surface area contributed by atoms with Gasteiger partial charge in [0.2, 0.25) is 0 Å². The van der Waals surface area contributed by atoms with E-state index < -0.39 is 23.1 Å². The number of aromatic nitrogens is 3. The first-order chi connectivity index (χ1) is 14.9. The molecular weight excluding hydrogens is 424 g/mol. The van der Waals surface area contributed by atoms with Crippen molar-refractivity contribution in [1.29, 1.82) is 0 Å². The Bertz CT molecular complexity index is 1150. The highest BCUT2D eigenvalue weighted by Crippen LogP contribution is 2.31. The normalized spacial score (nSPS) is 14.0. The molecule has 1 aliphatic rings. The summed E-state index contributed by atoms with van der Waals surface area (Å²) in [5, 5.41) is 2.95. The first-order valence-corrected chi connectivity index (χ1v) is 9.93. The minimum atomic E-state index is -0.946. The third-order valence-electron chi connectivity index (χ3n) is 5.05. The second-order valence-corrected chi connectivity index (χ2v) is 7.48. The van der Waals surface area contributed by atoms with Crippen LogP contribution in [0.5, 0.6) is 0 Å². The van der Waals surface area contributed by atoms with Crippen molar-refractivity contribution in [3.63, 3.8) is 0 Å². The second kappa shape index (κ2) is 8.77. The predicted octanol–water partition coefficient (Wildman–Crippen LogP) is 4.74. The second-order valence-electron chi connectivity index (χ2n) is 7.08. The number of hydrogen-bond donors (Lipinski definition) is 1. The van der Waals surface area contributed by atoms with Gasteiger partial charge in [-0.25, -0.2) is 18.7 Å². The van der Waals surface area contributed by atoms with Crippen LogP contribution in [0.25, 0.3) is 5.57 Å². The van der Waals surface area contributed by atoms with Crippen molar-refractivity contribution < 1.29 is 13.6 Å². The largest absolute Gasteiger partial charge is 0.351 e. The molecule has 0 bridgehead atoms. The molecule has 1 N–H and O–H groups in total. The molecule has 0 fully saturated rings. The fraction of sp³-hybridized carbons (Fsp3) is 0.182. The summed E-state index contributed by atoms with van der Waals surface area (Å²) < 4.78 is 27.6. The van der Waals surface area contributed by atoms with Gasteiger partial charge in [-0.1, -0.05) is 23.2 Å². The predicted molar refractivity (Wildman–Crippen MR) is 115 cm³/mol. The zero-order chi connectivity index (χ0) is 22.0. The molecule has 158 valence electrons. The molecule has 0 unspecified atom stereocenters. The molecule has 1 aliphatic heterocycles. The number of carbonyl (C=O) groups is 1. The highest BCUT2D eigenvalue weighted by molar-refractivity contribution is 6.32. The van der Waals surface area contributed by atoms with Gasteiger partial charge in [-0.2, -0.15) is 0 Å². The molecular formula is C22H18ClF2N5O. The van der Waals surface area contributed by atoms with Crippen LogP contribution in [-0.2, 0) is 0 Å². The SMILES string of the molecule is CC1=C(c2cnc(NC(=O)c3c(F)cccc3F)cn2)CN(c2ncccc2Cl)CC1. The van der Waals surface area contributed by atoms with Crippen molar-refractivity contribution in [3.05, 3.63) is 82.4 Å². The summed E-state index contributed by atoms with van der Waals surface area (Å²) in [5.41, 5.74) is 2.13. The quantitative estimate of drug-likeness (QED) is 0.633. The zero-order valence-electron chi connectivity index (χ0n) is 16.6. The number of pyridine rings is 1. The van der Waals surface area contributed by atoms with Gasteiger partial charge in [0.1, 0.15) is 23.0 Å². The van der Waals surface area contributed by atoms with Gasteiger partial charge in [-0.05, 0) is 43.2 Å². The lowest BCUT2D eigenvalue weighted by molar-refractivity contribution is 0.101. The Labute approximate surface area is 182 Å². The molecule has 0 aliphatic carbocycles. The van der Waals surface area contributed by atoms with Crippen LogP contribution in [0.2, 0.25) is 5.02 Å². The minimum absolute atomic E-state index is 0.0927. The average Bonchev–Trinajstić information content (AvgIpc) is 2.75. The first-order valence-electron chi connectivity index (χ1n) is 9.56. The molecule has 0 atom stereocenters. The van der Waals surface area contributed by atoms with E-state index in [1.165, 1.54) is 24.0 Å². The van der Waals surface area contributed by atoms with Crippen LogP contribution >= 0.6 is 11.6 Å². The van der Waals surface area contributed by atoms with Crippen molar-refractivity contribution in [2.75, 3.05) is 23.3 Å². The van der Waals surface area contributed by atoms with Gasteiger partial charge >= 0.3 is 0 Å². The summed E-state index contributed by atoms with van der Waals surface area (Å²) in [6.07, 6.45) is 5.39. The van der Waals surface area contributed by atoms with E-state index in [0.717, 1.165) is 30.7 Å². The zero-order valence-corrected chi connectivity index (χ0v) is 17.3. The summed E-state index contributed by atoms with van der Waals surface area (Å²) in [5.74, 6) is -2.02. The number of nitrogens with one attached hydrogen (secondary N) is 1. The van der Waals surface area contributed by atoms with E-state index in [0.29, 0.717) is 23.1 Å². The molecule has 31 heavy (non-hydrogen) atoms. The van der Waals surface area contributed by atoms with Gasteiger partial charge in [0.15, 0.2) is 5.82 Å². The number of benzene rings is 1. The van der Waals surface area contributed by atoms with Gasteiger partial charge in [0.05, 0.1) is 23.1 Å². The van der Waals surface area contributed by atoms with Crippen molar-refractivity contribution >= 4 is 34.7 Å². The summed E-state index contributed by atoms with van der Waals surface area (Å²) in [4.78, 5) is 27.3. The molecule has 0 spiro atoms. The summed E-state index contributed by atoms with van der Waals surface area (Å²) in [7, 11) is 0. The lowest BCUT2D eigenvalue weighted by Crippen LogP contribution is -2.32. The number of amides is 1. The molecule has 1 aromatic carbocycles. The van der Waals surface area contributed by atoms with E-state index >= 15 is 0 Å². The Morgan fingerprint density at radius 2 is 1.87 bits per heavy atom. The molecule has 4 rings (SSSR count). The number of hydrogen-bond acceptors (Lipinski definition) is 5. The molecule has 0 saturated carbocycles. The lowest BCUT2D eigenvalue weighted by Gasteiger charge is -2.31. The molecule has 0 saturated heterocycles. The summed E-state index contributed by atoms with van der Waals surface area (Å²) in [6, 6.07) is 6.81. The van der Waals surface area contributed by atoms with E-state index in [4.69, 9.17) is 11.6 Å². The molecule has 9 heteroatoms. The van der Waals surface area contributed by atoms with Crippen LogP contribution in [0.4, 0.5) is 20.4 Å². The third kappa shape index (κ3) is 4.39. The van der Waals surface area contributed by atoms with Crippen molar-refractivity contribution in [2.24, 2.45) is 0 Å². The molecule has 0 radical (unpaired) electrons. The maximum absolute atomic E-state index is 13.8. The smallest absolute Gasteiger partial charge is 0.262 e. The van der Waals surface area contributed by atoms with Crippen molar-refractivity contribution in [2.45, 2.75) is 13.3 Å². The Morgan fingerprint density at radius 3 is 2.55 bits per heavy atom. The fourth-order valence-corrected chi connectivity index (χ4v) is 3.63. The topological polar surface area (TPSA) is 71.0 Å². The van der Waals surface area contributed by atoms with Crippen LogP contribution in [0.1, 0.15) is 29.4 Å². The molecule has 3 heterocycles. The standard InChI is InChI=1S/C22H18ClF2N5O/c1-13-7-9-30(21-15(23)4-3-8-26-21)12-14(13)18-10-28-19(11-27-18)29-22(31)20-16(24)5-2-6-17(20)25/h2-6,8,10-11H,7,9,12H2,1H3,(H,28,29,31). The Kier molecular flexibility index (Phi) is 5.90. The number of carbonyl (C=O) groups excluding carboxylic acids is 1. The molecule has 6 nitrogen and oxygen atoms in total. The van der Waals surface area contributed by atoms with E-state index in [2.05, 4.69) is 25.2 Å². The maximum atomic E-state index is 13.8. The number of anilines is 2. The Hall–Kier alpha value is -3.39. The molecule has 3 aromatic rings. The van der Waals surface area contributed by atoms with Crippen LogP contribution in [0.3, 0.4) is 0 Å². The van der Waals surface area contributed by atoms with Gasteiger partial charge in [0, 0.05) is 19.3 Å². The maximum Gasteiger partial charge on any atom is 0.262 e. The van der Waals surface area contributed by atoms with Gasteiger partial charge in [0.25, 0.3) is 5.91 Å². The van der Waals surface area contributed by atoms with E-state index in [-0.39, 0.29) is 5.82 Å². The monoisotopic (exact) mass is 441 g/mol. The Balaban J connectivity index is 1.52. The van der Waals surface area contributed by atoms with E-state index in [9.17, 15) is 13.6 Å². The van der Waals surface area contributed by atoms with Crippen LogP contribution in [0.15, 0.2) is 54.5 Å². The summed E-state index contributed by atoms with van der Waals surface area (Å²) in [6.45, 7) is 3.37. The van der Waals surface area contributed by atoms with Crippen molar-refractivity contribution in [3.8, 4) is 0 Å². The lowest BCUT2D eigenvalue weighted by atomic mass is 9.99. The first kappa shape index (κ1) is 20.9. The Morgan fingerprint density at radius 1 is 1.10 bits per heavy atom.